The van der Waals surface area contributed by atoms with Crippen LogP contribution >= 0.6 is 0 Å². The number of carbonyl (C=O) groups excluding carboxylic acids is 1. The highest BCUT2D eigenvalue weighted by Crippen LogP contribution is 2.20. The molecular weight excluding hydrogens is 347 g/mol. The monoisotopic (exact) mass is 361 g/mol. The summed E-state index contributed by atoms with van der Waals surface area (Å²) >= 11 is 0. The summed E-state index contributed by atoms with van der Waals surface area (Å²) in [4.78, 5) is 16.0. The van der Waals surface area contributed by atoms with Crippen molar-refractivity contribution in [3.05, 3.63) is 65.3 Å². The molecule has 3 rings (SSSR count). The Morgan fingerprint density at radius 3 is 2.65 bits per heavy atom. The van der Waals surface area contributed by atoms with E-state index in [1.807, 2.05) is 0 Å². The number of benzene rings is 2. The summed E-state index contributed by atoms with van der Waals surface area (Å²) in [5, 5.41) is 6.15. The van der Waals surface area contributed by atoms with E-state index in [0.29, 0.717) is 17.2 Å². The lowest BCUT2D eigenvalue weighted by Gasteiger charge is -2.05. The van der Waals surface area contributed by atoms with Crippen molar-refractivity contribution in [1.82, 2.24) is 10.1 Å². The lowest BCUT2D eigenvalue weighted by Crippen LogP contribution is -2.13. The first-order valence-electron chi connectivity index (χ1n) is 7.76. The van der Waals surface area contributed by atoms with Crippen LogP contribution in [0.15, 0.2) is 40.9 Å². The van der Waals surface area contributed by atoms with Crippen LogP contribution in [0.2, 0.25) is 0 Å². The zero-order valence-corrected chi connectivity index (χ0v) is 13.7. The van der Waals surface area contributed by atoms with Crippen LogP contribution in [0.25, 0.3) is 11.4 Å². The summed E-state index contributed by atoms with van der Waals surface area (Å²) in [6.07, 6.45) is 0.114. The van der Waals surface area contributed by atoms with E-state index in [2.05, 4.69) is 15.5 Å². The van der Waals surface area contributed by atoms with Gasteiger partial charge in [0.1, 0.15) is 17.5 Å². The molecule has 8 heteroatoms. The van der Waals surface area contributed by atoms with Crippen molar-refractivity contribution in [1.29, 1.82) is 0 Å². The summed E-state index contributed by atoms with van der Waals surface area (Å²) < 4.78 is 44.7. The minimum absolute atomic E-state index is 0.0269. The molecule has 1 N–H and O–H groups in total. The van der Waals surface area contributed by atoms with Gasteiger partial charge in [-0.1, -0.05) is 5.16 Å². The number of hydrogen-bond donors (Lipinski definition) is 1. The van der Waals surface area contributed by atoms with Gasteiger partial charge in [-0.15, -0.1) is 0 Å². The quantitative estimate of drug-likeness (QED) is 0.745. The Morgan fingerprint density at radius 2 is 1.92 bits per heavy atom. The summed E-state index contributed by atoms with van der Waals surface area (Å²) in [5.74, 6) is -1.89. The Balaban J connectivity index is 1.60. The second kappa shape index (κ2) is 7.38. The highest BCUT2D eigenvalue weighted by molar-refractivity contribution is 5.90. The molecule has 0 unspecified atom stereocenters. The lowest BCUT2D eigenvalue weighted by atomic mass is 10.1. The smallest absolute Gasteiger partial charge is 0.227 e. The molecule has 3 aromatic rings. The molecule has 5 nitrogen and oxygen atoms in total. The van der Waals surface area contributed by atoms with Crippen molar-refractivity contribution >= 4 is 11.6 Å². The molecule has 0 saturated heterocycles. The van der Waals surface area contributed by atoms with Crippen molar-refractivity contribution < 1.29 is 22.5 Å². The third-order valence-corrected chi connectivity index (χ3v) is 3.66. The topological polar surface area (TPSA) is 68.0 Å². The van der Waals surface area contributed by atoms with Crippen molar-refractivity contribution in [3.8, 4) is 11.4 Å². The van der Waals surface area contributed by atoms with Crippen molar-refractivity contribution in [2.45, 2.75) is 19.8 Å². The van der Waals surface area contributed by atoms with Gasteiger partial charge < -0.3 is 9.84 Å². The Morgan fingerprint density at radius 1 is 1.12 bits per heavy atom. The number of aromatic nitrogens is 2. The molecule has 26 heavy (non-hydrogen) atoms. The number of nitrogens with one attached hydrogen (secondary N) is 1. The summed E-state index contributed by atoms with van der Waals surface area (Å²) in [5.41, 5.74) is 0.940. The average molecular weight is 361 g/mol. The standard InChI is InChI=1S/C18H14F3N3O2/c1-10-8-11(2-4-13(10)20)18-23-17(26-24-18)7-6-16(25)22-15-5-3-12(19)9-14(15)21/h2-5,8-9H,6-7H2,1H3,(H,22,25). The predicted octanol–water partition coefficient (Wildman–Crippen LogP) is 4.03. The van der Waals surface area contributed by atoms with E-state index in [-0.39, 0.29) is 36.1 Å². The van der Waals surface area contributed by atoms with Crippen LogP contribution in [0.3, 0.4) is 0 Å². The minimum atomic E-state index is -0.856. The number of aryl methyl sites for hydroxylation is 2. The lowest BCUT2D eigenvalue weighted by molar-refractivity contribution is -0.116. The van der Waals surface area contributed by atoms with Crippen LogP contribution in [-0.2, 0) is 11.2 Å². The largest absolute Gasteiger partial charge is 0.339 e. The van der Waals surface area contributed by atoms with Gasteiger partial charge in [-0.2, -0.15) is 4.98 Å². The second-order valence-electron chi connectivity index (χ2n) is 5.65. The van der Waals surface area contributed by atoms with E-state index in [4.69, 9.17) is 4.52 Å². The van der Waals surface area contributed by atoms with Crippen molar-refractivity contribution in [2.24, 2.45) is 0 Å². The van der Waals surface area contributed by atoms with E-state index in [9.17, 15) is 18.0 Å². The van der Waals surface area contributed by atoms with Crippen LogP contribution in [0.5, 0.6) is 0 Å². The van der Waals surface area contributed by atoms with Gasteiger partial charge in [-0.25, -0.2) is 13.2 Å². The Labute approximate surface area is 146 Å². The van der Waals surface area contributed by atoms with E-state index in [1.165, 1.54) is 12.1 Å². The highest BCUT2D eigenvalue weighted by Gasteiger charge is 2.13. The molecule has 0 aliphatic heterocycles. The first-order chi connectivity index (χ1) is 12.4. The molecule has 0 saturated carbocycles. The average Bonchev–Trinajstić information content (AvgIpc) is 3.07. The molecule has 0 fully saturated rings. The number of rotatable bonds is 5. The number of anilines is 1. The second-order valence-corrected chi connectivity index (χ2v) is 5.65. The summed E-state index contributed by atoms with van der Waals surface area (Å²) in [6.45, 7) is 1.62. The first-order valence-corrected chi connectivity index (χ1v) is 7.76. The van der Waals surface area contributed by atoms with Crippen molar-refractivity contribution in [3.63, 3.8) is 0 Å². The third-order valence-electron chi connectivity index (χ3n) is 3.66. The van der Waals surface area contributed by atoms with Crippen LogP contribution < -0.4 is 5.32 Å². The summed E-state index contributed by atoms with van der Waals surface area (Å²) in [6, 6.07) is 7.31. The maximum atomic E-state index is 13.5. The van der Waals surface area contributed by atoms with Gasteiger partial charge in [0.2, 0.25) is 17.6 Å². The fraction of sp³-hybridized carbons (Fsp3) is 0.167. The normalized spacial score (nSPS) is 10.8. The highest BCUT2D eigenvalue weighted by atomic mass is 19.1. The molecule has 1 aromatic heterocycles. The molecule has 0 aliphatic carbocycles. The number of amides is 1. The number of nitrogens with zero attached hydrogens (tertiary/aromatic N) is 2. The first kappa shape index (κ1) is 17.7. The zero-order valence-electron chi connectivity index (χ0n) is 13.7. The molecule has 0 spiro atoms. The van der Waals surface area contributed by atoms with Gasteiger partial charge in [0.05, 0.1) is 5.69 Å². The van der Waals surface area contributed by atoms with E-state index in [1.54, 1.807) is 13.0 Å². The van der Waals surface area contributed by atoms with Crippen LogP contribution in [0, 0.1) is 24.4 Å². The molecule has 134 valence electrons. The number of hydrogen-bond acceptors (Lipinski definition) is 4. The Hall–Kier alpha value is -3.16. The molecule has 1 amide bonds. The Bertz CT molecular complexity index is 957. The van der Waals surface area contributed by atoms with Gasteiger partial charge in [0, 0.05) is 24.5 Å². The molecule has 0 bridgehead atoms. The molecular formula is C18H14F3N3O2. The Kier molecular flexibility index (Phi) is 5.01. The molecule has 0 atom stereocenters. The maximum Gasteiger partial charge on any atom is 0.227 e. The number of carbonyl (C=O) groups is 1. The van der Waals surface area contributed by atoms with Gasteiger partial charge in [-0.3, -0.25) is 4.79 Å². The van der Waals surface area contributed by atoms with E-state index < -0.39 is 17.5 Å². The number of halogens is 3. The SMILES string of the molecule is Cc1cc(-c2noc(CCC(=O)Nc3ccc(F)cc3F)n2)ccc1F. The van der Waals surface area contributed by atoms with Crippen LogP contribution in [-0.4, -0.2) is 16.0 Å². The molecule has 0 aliphatic rings. The van der Waals surface area contributed by atoms with Gasteiger partial charge >= 0.3 is 0 Å². The predicted molar refractivity (Wildman–Crippen MR) is 87.7 cm³/mol. The third kappa shape index (κ3) is 4.08. The fourth-order valence-corrected chi connectivity index (χ4v) is 2.28. The fourth-order valence-electron chi connectivity index (χ4n) is 2.28. The maximum absolute atomic E-state index is 13.5. The van der Waals surface area contributed by atoms with Crippen LogP contribution in [0.4, 0.5) is 18.9 Å². The van der Waals surface area contributed by atoms with Crippen molar-refractivity contribution in [2.75, 3.05) is 5.32 Å². The zero-order chi connectivity index (χ0) is 18.7. The van der Waals surface area contributed by atoms with E-state index >= 15 is 0 Å². The molecule has 2 aromatic carbocycles. The minimum Gasteiger partial charge on any atom is -0.339 e. The van der Waals surface area contributed by atoms with E-state index in [0.717, 1.165) is 12.1 Å². The van der Waals surface area contributed by atoms with Gasteiger partial charge in [0.15, 0.2) is 0 Å². The molecule has 1 heterocycles. The van der Waals surface area contributed by atoms with Gasteiger partial charge in [0.25, 0.3) is 0 Å². The van der Waals surface area contributed by atoms with Crippen LogP contribution in [0.1, 0.15) is 17.9 Å². The van der Waals surface area contributed by atoms with Gasteiger partial charge in [-0.05, 0) is 42.8 Å². The molecule has 0 radical (unpaired) electrons. The summed E-state index contributed by atoms with van der Waals surface area (Å²) in [7, 11) is 0.